The third-order valence-corrected chi connectivity index (χ3v) is 8.11. The van der Waals surface area contributed by atoms with E-state index < -0.39 is 12.0 Å². The number of thiazole rings is 1. The van der Waals surface area contributed by atoms with Gasteiger partial charge < -0.3 is 9.47 Å². The summed E-state index contributed by atoms with van der Waals surface area (Å²) >= 11 is 9.66. The smallest absolute Gasteiger partial charge is 0.338 e. The normalized spacial score (nSPS) is 15.2. The third kappa shape index (κ3) is 5.08. The van der Waals surface area contributed by atoms with Crippen molar-refractivity contribution in [1.29, 1.82) is 0 Å². The minimum Gasteiger partial charge on any atom is -0.496 e. The van der Waals surface area contributed by atoms with E-state index in [1.807, 2.05) is 66.7 Å². The maximum atomic E-state index is 13.9. The van der Waals surface area contributed by atoms with E-state index >= 15 is 0 Å². The zero-order chi connectivity index (χ0) is 26.8. The van der Waals surface area contributed by atoms with Crippen LogP contribution in [0.4, 0.5) is 0 Å². The minimum atomic E-state index is -0.740. The van der Waals surface area contributed by atoms with Crippen molar-refractivity contribution in [2.24, 2.45) is 4.99 Å². The Morgan fingerprint density at radius 1 is 1.13 bits per heavy atom. The summed E-state index contributed by atoms with van der Waals surface area (Å²) in [6.45, 7) is 1.95. The first-order chi connectivity index (χ1) is 18.4. The second-order valence-corrected chi connectivity index (χ2v) is 11.0. The van der Waals surface area contributed by atoms with E-state index in [9.17, 15) is 9.59 Å². The van der Waals surface area contributed by atoms with Crippen LogP contribution in [0.25, 0.3) is 11.8 Å². The lowest BCUT2D eigenvalue weighted by Gasteiger charge is -2.25. The molecule has 1 aromatic heterocycles. The molecule has 1 aliphatic rings. The summed E-state index contributed by atoms with van der Waals surface area (Å²) in [5.74, 6) is 0.243. The van der Waals surface area contributed by atoms with Gasteiger partial charge in [-0.3, -0.25) is 9.36 Å². The van der Waals surface area contributed by atoms with Crippen LogP contribution >= 0.6 is 45.5 Å². The molecule has 0 amide bonds. The molecule has 3 aromatic carbocycles. The summed E-state index contributed by atoms with van der Waals surface area (Å²) in [4.78, 5) is 32.7. The fraction of sp³-hybridized carbons (Fsp3) is 0.138. The average Bonchev–Trinajstić information content (AvgIpc) is 3.23. The lowest BCUT2D eigenvalue weighted by Crippen LogP contribution is -2.40. The lowest BCUT2D eigenvalue weighted by atomic mass is 9.93. The highest BCUT2D eigenvalue weighted by Crippen LogP contribution is 2.35. The van der Waals surface area contributed by atoms with Crippen LogP contribution in [-0.2, 0) is 9.53 Å². The first-order valence-electron chi connectivity index (χ1n) is 11.8. The van der Waals surface area contributed by atoms with Crippen molar-refractivity contribution in [1.82, 2.24) is 4.57 Å². The number of ether oxygens (including phenoxy) is 2. The Hall–Kier alpha value is -3.21. The quantitative estimate of drug-likeness (QED) is 0.211. The van der Waals surface area contributed by atoms with E-state index in [0.717, 1.165) is 26.0 Å². The van der Waals surface area contributed by atoms with Crippen LogP contribution in [0.2, 0.25) is 5.02 Å². The van der Waals surface area contributed by atoms with Gasteiger partial charge in [0, 0.05) is 10.6 Å². The van der Waals surface area contributed by atoms with Crippen LogP contribution in [0, 0.1) is 3.57 Å². The van der Waals surface area contributed by atoms with Gasteiger partial charge in [-0.2, -0.15) is 0 Å². The second kappa shape index (κ2) is 11.3. The van der Waals surface area contributed by atoms with Crippen LogP contribution in [0.15, 0.2) is 88.2 Å². The van der Waals surface area contributed by atoms with Crippen molar-refractivity contribution in [3.8, 4) is 5.75 Å². The highest BCUT2D eigenvalue weighted by Gasteiger charge is 2.35. The number of benzene rings is 3. The highest BCUT2D eigenvalue weighted by molar-refractivity contribution is 14.1. The molecule has 6 nitrogen and oxygen atoms in total. The average molecular weight is 657 g/mol. The number of esters is 1. The summed E-state index contributed by atoms with van der Waals surface area (Å²) < 4.78 is 13.9. The maximum Gasteiger partial charge on any atom is 0.338 e. The first-order valence-corrected chi connectivity index (χ1v) is 14.1. The van der Waals surface area contributed by atoms with Crippen LogP contribution in [0.3, 0.4) is 0 Å². The van der Waals surface area contributed by atoms with Crippen LogP contribution in [0.5, 0.6) is 5.75 Å². The van der Waals surface area contributed by atoms with Gasteiger partial charge in [0.2, 0.25) is 0 Å². The molecule has 0 saturated carbocycles. The van der Waals surface area contributed by atoms with Crippen molar-refractivity contribution >= 4 is 63.3 Å². The number of carbonyl (C=O) groups excluding carboxylic acids is 1. The molecule has 0 spiro atoms. The zero-order valence-electron chi connectivity index (χ0n) is 20.5. The molecular weight excluding hydrogens is 635 g/mol. The lowest BCUT2D eigenvalue weighted by molar-refractivity contribution is -0.138. The van der Waals surface area contributed by atoms with Crippen molar-refractivity contribution in [2.75, 3.05) is 13.7 Å². The van der Waals surface area contributed by atoms with Gasteiger partial charge in [-0.15, -0.1) is 0 Å². The van der Waals surface area contributed by atoms with Gasteiger partial charge in [0.1, 0.15) is 5.75 Å². The van der Waals surface area contributed by atoms with Crippen molar-refractivity contribution in [3.63, 3.8) is 0 Å². The predicted molar refractivity (Wildman–Crippen MR) is 158 cm³/mol. The van der Waals surface area contributed by atoms with E-state index in [1.54, 1.807) is 30.7 Å². The molecule has 192 valence electrons. The minimum absolute atomic E-state index is 0.193. The summed E-state index contributed by atoms with van der Waals surface area (Å²) in [5.41, 5.74) is 2.89. The zero-order valence-corrected chi connectivity index (χ0v) is 24.2. The van der Waals surface area contributed by atoms with Gasteiger partial charge >= 0.3 is 5.97 Å². The van der Waals surface area contributed by atoms with E-state index in [4.69, 9.17) is 26.1 Å². The summed E-state index contributed by atoms with van der Waals surface area (Å²) in [6, 6.07) is 21.6. The van der Waals surface area contributed by atoms with Gasteiger partial charge in [0.15, 0.2) is 4.80 Å². The van der Waals surface area contributed by atoms with Crippen molar-refractivity contribution in [3.05, 3.63) is 123 Å². The Bertz CT molecular complexity index is 1730. The number of fused-ring (bicyclic) bond motifs is 1. The van der Waals surface area contributed by atoms with Gasteiger partial charge in [-0.05, 0) is 71.0 Å². The Morgan fingerprint density at radius 2 is 1.87 bits per heavy atom. The number of halogens is 2. The van der Waals surface area contributed by atoms with Crippen LogP contribution < -0.4 is 19.6 Å². The van der Waals surface area contributed by atoms with E-state index in [0.29, 0.717) is 25.6 Å². The number of hydrogen-bond acceptors (Lipinski definition) is 6. The predicted octanol–water partition coefficient (Wildman–Crippen LogP) is 5.20. The Balaban J connectivity index is 1.80. The molecule has 0 fully saturated rings. The molecule has 0 saturated heterocycles. The SMILES string of the molecule is CCOC(=O)C1=C(c2ccccc2)N=c2s/c(=C\c3ccc(OC)c(I)c3)c(=O)n2C1c1ccc(Cl)cc1. The number of methoxy groups -OCH3 is 1. The third-order valence-electron chi connectivity index (χ3n) is 6.03. The van der Waals surface area contributed by atoms with E-state index in [2.05, 4.69) is 22.6 Å². The molecule has 0 aliphatic carbocycles. The highest BCUT2D eigenvalue weighted by atomic mass is 127. The topological polar surface area (TPSA) is 69.9 Å². The fourth-order valence-electron chi connectivity index (χ4n) is 4.32. The number of rotatable bonds is 6. The van der Waals surface area contributed by atoms with Crippen molar-refractivity contribution in [2.45, 2.75) is 13.0 Å². The molecule has 9 heteroatoms. The van der Waals surface area contributed by atoms with Crippen LogP contribution in [0.1, 0.15) is 29.7 Å². The standard InChI is InChI=1S/C29H22ClIN2O4S/c1-3-37-28(35)24-25(18-7-5-4-6-8-18)32-29-33(26(24)19-10-12-20(30)13-11-19)27(34)23(38-29)16-17-9-14-22(36-2)21(31)15-17/h4-16,26H,3H2,1-2H3/b23-16-. The van der Waals surface area contributed by atoms with E-state index in [1.165, 1.54) is 11.3 Å². The molecule has 2 heterocycles. The monoisotopic (exact) mass is 656 g/mol. The molecular formula is C29H22ClIN2O4S. The van der Waals surface area contributed by atoms with Gasteiger partial charge in [0.05, 0.1) is 39.1 Å². The second-order valence-electron chi connectivity index (χ2n) is 8.38. The molecule has 0 bridgehead atoms. The molecule has 5 rings (SSSR count). The van der Waals surface area contributed by atoms with Crippen molar-refractivity contribution < 1.29 is 14.3 Å². The summed E-state index contributed by atoms with van der Waals surface area (Å²) in [5, 5.41) is 0.556. The number of nitrogens with zero attached hydrogens (tertiary/aromatic N) is 2. The van der Waals surface area contributed by atoms with E-state index in [-0.39, 0.29) is 12.2 Å². The first kappa shape index (κ1) is 26.4. The molecule has 4 aromatic rings. The summed E-state index contributed by atoms with van der Waals surface area (Å²) in [7, 11) is 1.62. The number of aromatic nitrogens is 1. The van der Waals surface area contributed by atoms with Gasteiger partial charge in [-0.25, -0.2) is 9.79 Å². The fourth-order valence-corrected chi connectivity index (χ4v) is 6.21. The molecule has 38 heavy (non-hydrogen) atoms. The summed E-state index contributed by atoms with van der Waals surface area (Å²) in [6.07, 6.45) is 1.83. The Morgan fingerprint density at radius 3 is 2.53 bits per heavy atom. The molecule has 0 radical (unpaired) electrons. The molecule has 1 aliphatic heterocycles. The van der Waals surface area contributed by atoms with Gasteiger partial charge in [0.25, 0.3) is 5.56 Å². The Kier molecular flexibility index (Phi) is 7.83. The van der Waals surface area contributed by atoms with Gasteiger partial charge in [-0.1, -0.05) is 71.5 Å². The Labute approximate surface area is 241 Å². The molecule has 1 atom stereocenters. The molecule has 1 unspecified atom stereocenters. The largest absolute Gasteiger partial charge is 0.496 e. The number of carbonyl (C=O) groups is 1. The molecule has 0 N–H and O–H groups in total. The van der Waals surface area contributed by atoms with Crippen LogP contribution in [-0.4, -0.2) is 24.3 Å². The number of hydrogen-bond donors (Lipinski definition) is 0. The maximum absolute atomic E-state index is 13.9.